The van der Waals surface area contributed by atoms with Gasteiger partial charge in [0.1, 0.15) is 0 Å². The fourth-order valence-corrected chi connectivity index (χ4v) is 0.325. The highest BCUT2D eigenvalue weighted by molar-refractivity contribution is 5.68. The molecule has 5 nitrogen and oxygen atoms in total. The van der Waals surface area contributed by atoms with Gasteiger partial charge in [-0.25, -0.2) is 0 Å². The molecule has 0 spiro atoms. The molecule has 0 rings (SSSR count). The zero-order valence-corrected chi connectivity index (χ0v) is 8.06. The molecule has 3 N–H and O–H groups in total. The van der Waals surface area contributed by atoms with Gasteiger partial charge in [-0.1, -0.05) is 0 Å². The van der Waals surface area contributed by atoms with E-state index in [9.17, 15) is 4.79 Å². The van der Waals surface area contributed by atoms with Crippen LogP contribution >= 0.6 is 0 Å². The minimum absolute atomic E-state index is 0.0507. The highest BCUT2D eigenvalue weighted by Crippen LogP contribution is 1.87. The molecule has 1 atom stereocenters. The minimum atomic E-state index is -0.560. The van der Waals surface area contributed by atoms with E-state index < -0.39 is 6.10 Å². The van der Waals surface area contributed by atoms with Crippen molar-refractivity contribution in [3.05, 3.63) is 0 Å². The van der Waals surface area contributed by atoms with Crippen LogP contribution in [-0.4, -0.2) is 47.7 Å². The van der Waals surface area contributed by atoms with E-state index in [4.69, 9.17) is 15.3 Å². The molecular formula is C8H18O5. The second-order valence-electron chi connectivity index (χ2n) is 2.43. The molecule has 0 bridgehead atoms. The van der Waals surface area contributed by atoms with Crippen LogP contribution in [0.2, 0.25) is 0 Å². The molecule has 0 saturated heterocycles. The molecule has 80 valence electrons. The molecule has 1 unspecified atom stereocenters. The summed E-state index contributed by atoms with van der Waals surface area (Å²) < 4.78 is 4.30. The number of ether oxygens (including phenoxy) is 1. The third-order valence-corrected chi connectivity index (χ3v) is 1.03. The zero-order chi connectivity index (χ0) is 10.7. The first-order chi connectivity index (χ1) is 6.08. The molecule has 0 saturated carbocycles. The van der Waals surface area contributed by atoms with Crippen molar-refractivity contribution < 1.29 is 24.9 Å². The topological polar surface area (TPSA) is 87.0 Å². The van der Waals surface area contributed by atoms with Crippen molar-refractivity contribution in [1.82, 2.24) is 0 Å². The summed E-state index contributed by atoms with van der Waals surface area (Å²) >= 11 is 0. The lowest BCUT2D eigenvalue weighted by Crippen LogP contribution is -2.03. The predicted molar refractivity (Wildman–Crippen MR) is 47.1 cm³/mol. The lowest BCUT2D eigenvalue weighted by Gasteiger charge is -1.93. The molecule has 0 aromatic rings. The Bertz CT molecular complexity index is 113. The van der Waals surface area contributed by atoms with Crippen molar-refractivity contribution in [2.45, 2.75) is 25.9 Å². The van der Waals surface area contributed by atoms with Crippen LogP contribution in [0.4, 0.5) is 0 Å². The molecule has 0 aliphatic carbocycles. The highest BCUT2D eigenvalue weighted by Gasteiger charge is 1.95. The summed E-state index contributed by atoms with van der Waals surface area (Å²) in [6.07, 6.45) is 0.245. The summed E-state index contributed by atoms with van der Waals surface area (Å²) in [5, 5.41) is 24.2. The quantitative estimate of drug-likeness (QED) is 0.515. The number of carbonyl (C=O) groups is 1. The van der Waals surface area contributed by atoms with Gasteiger partial charge in [0.05, 0.1) is 19.8 Å². The van der Waals surface area contributed by atoms with Crippen LogP contribution < -0.4 is 0 Å². The van der Waals surface area contributed by atoms with Gasteiger partial charge in [-0.2, -0.15) is 0 Å². The highest BCUT2D eigenvalue weighted by atomic mass is 16.5. The van der Waals surface area contributed by atoms with Gasteiger partial charge in [0.15, 0.2) is 0 Å². The maximum absolute atomic E-state index is 10.2. The maximum atomic E-state index is 10.2. The Balaban J connectivity index is 0. The van der Waals surface area contributed by atoms with Crippen LogP contribution in [0, 0.1) is 0 Å². The van der Waals surface area contributed by atoms with Crippen LogP contribution in [0.5, 0.6) is 0 Å². The Labute approximate surface area is 78.0 Å². The number of carbonyl (C=O) groups excluding carboxylic acids is 1. The third-order valence-electron chi connectivity index (χ3n) is 1.03. The molecule has 13 heavy (non-hydrogen) atoms. The van der Waals surface area contributed by atoms with Gasteiger partial charge in [-0.05, 0) is 13.3 Å². The molecule has 0 aromatic carbocycles. The molecule has 0 heterocycles. The fraction of sp³-hybridized carbons (Fsp3) is 0.875. The minimum Gasteiger partial charge on any atom is -0.469 e. The maximum Gasteiger partial charge on any atom is 0.305 e. The Morgan fingerprint density at radius 1 is 1.46 bits per heavy atom. The van der Waals surface area contributed by atoms with Crippen molar-refractivity contribution in [1.29, 1.82) is 0 Å². The smallest absolute Gasteiger partial charge is 0.305 e. The Morgan fingerprint density at radius 2 is 1.92 bits per heavy atom. The standard InChI is InChI=1S/C5H10O3.C3H8O2/c1-8-5(7)3-2-4-6;1-3(5)2-4/h6H,2-4H2,1H3;3-5H,2H2,1H3. The summed E-state index contributed by atoms with van der Waals surface area (Å²) in [6.45, 7) is 1.44. The van der Waals surface area contributed by atoms with E-state index in [2.05, 4.69) is 4.74 Å². The van der Waals surface area contributed by atoms with Crippen LogP contribution in [0.15, 0.2) is 0 Å². The lowest BCUT2D eigenvalue weighted by atomic mass is 10.3. The monoisotopic (exact) mass is 194 g/mol. The van der Waals surface area contributed by atoms with Crippen molar-refractivity contribution in [2.24, 2.45) is 0 Å². The first-order valence-corrected chi connectivity index (χ1v) is 4.05. The van der Waals surface area contributed by atoms with Crippen molar-refractivity contribution in [3.8, 4) is 0 Å². The van der Waals surface area contributed by atoms with Crippen LogP contribution in [0.25, 0.3) is 0 Å². The number of aliphatic hydroxyl groups is 3. The van der Waals surface area contributed by atoms with E-state index >= 15 is 0 Å². The first-order valence-electron chi connectivity index (χ1n) is 4.05. The molecule has 5 heteroatoms. The van der Waals surface area contributed by atoms with Gasteiger partial charge in [0, 0.05) is 13.0 Å². The van der Waals surface area contributed by atoms with E-state index in [1.165, 1.54) is 14.0 Å². The van der Waals surface area contributed by atoms with Crippen molar-refractivity contribution in [2.75, 3.05) is 20.3 Å². The number of rotatable bonds is 4. The Kier molecular flexibility index (Phi) is 13.0. The predicted octanol–water partition coefficient (Wildman–Crippen LogP) is -0.709. The molecule has 0 aromatic heterocycles. The van der Waals surface area contributed by atoms with E-state index in [-0.39, 0.29) is 19.2 Å². The SMILES string of the molecule is CC(O)CO.COC(=O)CCCO. The normalized spacial score (nSPS) is 11.2. The molecule has 0 aliphatic rings. The number of hydrogen-bond donors (Lipinski definition) is 3. The average molecular weight is 194 g/mol. The van der Waals surface area contributed by atoms with Crippen molar-refractivity contribution in [3.63, 3.8) is 0 Å². The summed E-state index contributed by atoms with van der Waals surface area (Å²) in [5.74, 6) is -0.265. The van der Waals surface area contributed by atoms with Gasteiger partial charge in [0.25, 0.3) is 0 Å². The van der Waals surface area contributed by atoms with E-state index in [1.807, 2.05) is 0 Å². The molecule has 0 fully saturated rings. The molecule has 0 radical (unpaired) electrons. The molecular weight excluding hydrogens is 176 g/mol. The first kappa shape index (κ1) is 14.9. The van der Waals surface area contributed by atoms with Gasteiger partial charge < -0.3 is 20.1 Å². The second-order valence-corrected chi connectivity index (χ2v) is 2.43. The van der Waals surface area contributed by atoms with Crippen molar-refractivity contribution >= 4 is 5.97 Å². The number of hydrogen-bond acceptors (Lipinski definition) is 5. The Hall–Kier alpha value is -0.650. The lowest BCUT2D eigenvalue weighted by molar-refractivity contribution is -0.140. The largest absolute Gasteiger partial charge is 0.469 e. The summed E-state index contributed by atoms with van der Waals surface area (Å²) in [5.41, 5.74) is 0. The van der Waals surface area contributed by atoms with Gasteiger partial charge in [-0.3, -0.25) is 4.79 Å². The zero-order valence-electron chi connectivity index (χ0n) is 8.06. The second kappa shape index (κ2) is 11.4. The average Bonchev–Trinajstić information content (AvgIpc) is 2.15. The van der Waals surface area contributed by atoms with Crippen LogP contribution in [-0.2, 0) is 9.53 Å². The van der Waals surface area contributed by atoms with Crippen LogP contribution in [0.3, 0.4) is 0 Å². The van der Waals surface area contributed by atoms with Gasteiger partial charge in [0.2, 0.25) is 0 Å². The molecule has 0 aliphatic heterocycles. The molecule has 0 amide bonds. The van der Waals surface area contributed by atoms with E-state index in [1.54, 1.807) is 0 Å². The van der Waals surface area contributed by atoms with E-state index in [0.717, 1.165) is 0 Å². The summed E-state index contributed by atoms with van der Waals surface area (Å²) in [7, 11) is 1.33. The number of methoxy groups -OCH3 is 1. The number of esters is 1. The van der Waals surface area contributed by atoms with Crippen LogP contribution in [0.1, 0.15) is 19.8 Å². The van der Waals surface area contributed by atoms with Gasteiger partial charge in [-0.15, -0.1) is 0 Å². The summed E-state index contributed by atoms with van der Waals surface area (Å²) in [6, 6.07) is 0. The fourth-order valence-electron chi connectivity index (χ4n) is 0.325. The number of aliphatic hydroxyl groups excluding tert-OH is 3. The Morgan fingerprint density at radius 3 is 2.15 bits per heavy atom. The summed E-state index contributed by atoms with van der Waals surface area (Å²) in [4.78, 5) is 10.2. The van der Waals surface area contributed by atoms with Gasteiger partial charge >= 0.3 is 5.97 Å². The third kappa shape index (κ3) is 18.4. The van der Waals surface area contributed by atoms with E-state index in [0.29, 0.717) is 12.8 Å².